The Bertz CT molecular complexity index is 711. The summed E-state index contributed by atoms with van der Waals surface area (Å²) in [7, 11) is 0. The Morgan fingerprint density at radius 2 is 2.14 bits per heavy atom. The van der Waals surface area contributed by atoms with Crippen LogP contribution in [-0.2, 0) is 0 Å². The molecular formula is C11H10FIN6O2. The van der Waals surface area contributed by atoms with E-state index < -0.39 is 10.7 Å². The molecule has 0 aliphatic carbocycles. The summed E-state index contributed by atoms with van der Waals surface area (Å²) >= 11 is 1.91. The summed E-state index contributed by atoms with van der Waals surface area (Å²) in [6.07, 6.45) is 0. The lowest BCUT2D eigenvalue weighted by molar-refractivity contribution is -0.385. The van der Waals surface area contributed by atoms with Crippen LogP contribution < -0.4 is 16.6 Å². The molecule has 0 aliphatic heterocycles. The third kappa shape index (κ3) is 3.33. The zero-order chi connectivity index (χ0) is 15.6. The van der Waals surface area contributed by atoms with Crippen molar-refractivity contribution in [1.82, 2.24) is 9.97 Å². The quantitative estimate of drug-likeness (QED) is 0.310. The van der Waals surface area contributed by atoms with Crippen molar-refractivity contribution in [1.29, 1.82) is 0 Å². The minimum atomic E-state index is -0.589. The van der Waals surface area contributed by atoms with Gasteiger partial charge in [-0.2, -0.15) is 4.98 Å². The highest BCUT2D eigenvalue weighted by molar-refractivity contribution is 14.1. The Balaban J connectivity index is 2.51. The number of nitrogens with one attached hydrogen (secondary N) is 2. The Kier molecular flexibility index (Phi) is 4.47. The summed E-state index contributed by atoms with van der Waals surface area (Å²) in [6, 6.07) is 4.01. The largest absolute Gasteiger partial charge is 0.333 e. The van der Waals surface area contributed by atoms with Crippen LogP contribution in [0.15, 0.2) is 18.2 Å². The molecule has 8 nitrogen and oxygen atoms in total. The fourth-order valence-electron chi connectivity index (χ4n) is 1.66. The van der Waals surface area contributed by atoms with Crippen molar-refractivity contribution in [2.45, 2.75) is 6.92 Å². The van der Waals surface area contributed by atoms with E-state index in [-0.39, 0.29) is 23.1 Å². The molecule has 0 spiro atoms. The number of rotatable bonds is 4. The number of benzene rings is 1. The highest BCUT2D eigenvalue weighted by atomic mass is 127. The van der Waals surface area contributed by atoms with Crippen molar-refractivity contribution in [2.24, 2.45) is 5.84 Å². The minimum Gasteiger partial charge on any atom is -0.333 e. The van der Waals surface area contributed by atoms with Gasteiger partial charge in [0.2, 0.25) is 11.8 Å². The monoisotopic (exact) mass is 404 g/mol. The number of hydrogen-bond acceptors (Lipinski definition) is 7. The van der Waals surface area contributed by atoms with Crippen LogP contribution in [0.25, 0.3) is 0 Å². The number of anilines is 3. The van der Waals surface area contributed by atoms with Crippen LogP contribution in [0.5, 0.6) is 0 Å². The van der Waals surface area contributed by atoms with Crippen molar-refractivity contribution < 1.29 is 9.31 Å². The molecule has 0 aliphatic rings. The van der Waals surface area contributed by atoms with Crippen LogP contribution in [-0.4, -0.2) is 14.9 Å². The van der Waals surface area contributed by atoms with Gasteiger partial charge in [0, 0.05) is 3.57 Å². The first-order valence-corrected chi connectivity index (χ1v) is 6.72. The second-order valence-electron chi connectivity index (χ2n) is 3.98. The van der Waals surface area contributed by atoms with Gasteiger partial charge in [-0.3, -0.25) is 15.5 Å². The Morgan fingerprint density at radius 1 is 1.43 bits per heavy atom. The maximum atomic E-state index is 13.1. The lowest BCUT2D eigenvalue weighted by Crippen LogP contribution is -2.13. The Hall–Kier alpha value is -2.08. The summed E-state index contributed by atoms with van der Waals surface area (Å²) in [5.41, 5.74) is 2.61. The molecule has 0 atom stereocenters. The van der Waals surface area contributed by atoms with E-state index in [0.717, 1.165) is 0 Å². The fourth-order valence-corrected chi connectivity index (χ4v) is 2.27. The zero-order valence-corrected chi connectivity index (χ0v) is 12.9. The average Bonchev–Trinajstić information content (AvgIpc) is 2.40. The van der Waals surface area contributed by atoms with Crippen LogP contribution in [0.2, 0.25) is 0 Å². The number of nitrogen functional groups attached to an aromatic ring is 1. The molecular weight excluding hydrogens is 394 g/mol. The first kappa shape index (κ1) is 15.3. The van der Waals surface area contributed by atoms with Crippen LogP contribution in [0, 0.1) is 26.4 Å². The number of aromatic nitrogens is 2. The van der Waals surface area contributed by atoms with E-state index in [1.165, 1.54) is 25.1 Å². The van der Waals surface area contributed by atoms with Crippen LogP contribution >= 0.6 is 22.6 Å². The molecule has 0 fully saturated rings. The highest BCUT2D eigenvalue weighted by Crippen LogP contribution is 2.31. The van der Waals surface area contributed by atoms with Gasteiger partial charge >= 0.3 is 5.69 Å². The van der Waals surface area contributed by atoms with Gasteiger partial charge < -0.3 is 5.32 Å². The third-order valence-electron chi connectivity index (χ3n) is 2.55. The summed E-state index contributed by atoms with van der Waals surface area (Å²) in [6.45, 7) is 1.47. The summed E-state index contributed by atoms with van der Waals surface area (Å²) < 4.78 is 13.6. The number of halogens is 2. The topological polar surface area (TPSA) is 119 Å². The molecule has 1 aromatic heterocycles. The van der Waals surface area contributed by atoms with Crippen molar-refractivity contribution in [2.75, 3.05) is 10.7 Å². The molecule has 0 radical (unpaired) electrons. The van der Waals surface area contributed by atoms with Gasteiger partial charge in [-0.15, -0.1) is 0 Å². The lowest BCUT2D eigenvalue weighted by atomic mass is 10.3. The van der Waals surface area contributed by atoms with E-state index >= 15 is 0 Å². The summed E-state index contributed by atoms with van der Waals surface area (Å²) in [4.78, 5) is 18.4. The molecule has 2 aromatic rings. The van der Waals surface area contributed by atoms with Crippen molar-refractivity contribution in [3.8, 4) is 0 Å². The van der Waals surface area contributed by atoms with Gasteiger partial charge in [-0.1, -0.05) is 0 Å². The van der Waals surface area contributed by atoms with Crippen LogP contribution in [0.4, 0.5) is 27.5 Å². The van der Waals surface area contributed by atoms with Crippen LogP contribution in [0.1, 0.15) is 5.69 Å². The Labute approximate surface area is 132 Å². The molecule has 110 valence electrons. The number of nitrogens with two attached hydrogens (primary N) is 1. The first-order chi connectivity index (χ1) is 9.92. The number of hydrogen-bond donors (Lipinski definition) is 3. The molecule has 21 heavy (non-hydrogen) atoms. The van der Waals surface area contributed by atoms with Gasteiger partial charge in [-0.25, -0.2) is 15.2 Å². The van der Waals surface area contributed by atoms with E-state index in [4.69, 9.17) is 5.84 Å². The average molecular weight is 404 g/mol. The lowest BCUT2D eigenvalue weighted by Gasteiger charge is -2.10. The van der Waals surface area contributed by atoms with Crippen molar-refractivity contribution >= 4 is 45.7 Å². The van der Waals surface area contributed by atoms with E-state index in [9.17, 15) is 14.5 Å². The van der Waals surface area contributed by atoms with Gasteiger partial charge in [0.05, 0.1) is 10.6 Å². The first-order valence-electron chi connectivity index (χ1n) is 5.64. The predicted molar refractivity (Wildman–Crippen MR) is 83.6 cm³/mol. The molecule has 1 aromatic carbocycles. The summed E-state index contributed by atoms with van der Waals surface area (Å²) in [5.74, 6) is 4.85. The molecule has 0 bridgehead atoms. The van der Waals surface area contributed by atoms with Gasteiger partial charge in [0.15, 0.2) is 0 Å². The molecule has 10 heteroatoms. The SMILES string of the molecule is Cc1nc(NN)nc(Nc2ccc(F)cc2I)c1[N+](=O)[O-]. The van der Waals surface area contributed by atoms with Crippen molar-refractivity contribution in [3.05, 3.63) is 43.4 Å². The molecule has 4 N–H and O–H groups in total. The molecule has 0 saturated heterocycles. The van der Waals surface area contributed by atoms with E-state index in [1.807, 2.05) is 22.6 Å². The zero-order valence-electron chi connectivity index (χ0n) is 10.7. The minimum absolute atomic E-state index is 0.0232. The van der Waals surface area contributed by atoms with Crippen LogP contribution in [0.3, 0.4) is 0 Å². The molecule has 2 rings (SSSR count). The maximum Gasteiger partial charge on any atom is 0.332 e. The molecule has 0 amide bonds. The van der Waals surface area contributed by atoms with Gasteiger partial charge in [0.1, 0.15) is 11.5 Å². The summed E-state index contributed by atoms with van der Waals surface area (Å²) in [5, 5.41) is 13.9. The highest BCUT2D eigenvalue weighted by Gasteiger charge is 2.22. The van der Waals surface area contributed by atoms with Gasteiger partial charge in [0.25, 0.3) is 0 Å². The number of nitro groups is 1. The van der Waals surface area contributed by atoms with E-state index in [0.29, 0.717) is 9.26 Å². The second kappa shape index (κ2) is 6.13. The number of hydrazine groups is 1. The smallest absolute Gasteiger partial charge is 0.332 e. The maximum absolute atomic E-state index is 13.1. The van der Waals surface area contributed by atoms with E-state index in [2.05, 4.69) is 20.7 Å². The molecule has 0 unspecified atom stereocenters. The predicted octanol–water partition coefficient (Wildman–Crippen LogP) is 2.47. The standard InChI is InChI=1S/C11H10FIN6O2/c1-5-9(19(20)21)10(17-11(15-5)18-14)16-8-3-2-6(12)4-7(8)13/h2-4H,14H2,1H3,(H2,15,16,17,18). The Morgan fingerprint density at radius 3 is 2.71 bits per heavy atom. The fraction of sp³-hybridized carbons (Fsp3) is 0.0909. The van der Waals surface area contributed by atoms with Crippen molar-refractivity contribution in [3.63, 3.8) is 0 Å². The molecule has 1 heterocycles. The van der Waals surface area contributed by atoms with E-state index in [1.54, 1.807) is 0 Å². The van der Waals surface area contributed by atoms with Gasteiger partial charge in [-0.05, 0) is 47.7 Å². The number of aryl methyl sites for hydroxylation is 1. The normalized spacial score (nSPS) is 10.3. The molecule has 0 saturated carbocycles. The number of nitrogens with zero attached hydrogens (tertiary/aromatic N) is 3. The second-order valence-corrected chi connectivity index (χ2v) is 5.14. The third-order valence-corrected chi connectivity index (χ3v) is 3.45.